The Bertz CT molecular complexity index is 1320. The monoisotopic (exact) mass is 590 g/mol. The Balaban J connectivity index is 1.36. The fourth-order valence-electron chi connectivity index (χ4n) is 5.49. The van der Waals surface area contributed by atoms with Gasteiger partial charge in [0.25, 0.3) is 11.8 Å². The summed E-state index contributed by atoms with van der Waals surface area (Å²) in [6.07, 6.45) is 5.54. The van der Waals surface area contributed by atoms with E-state index in [1.165, 1.54) is 6.42 Å². The van der Waals surface area contributed by atoms with Crippen LogP contribution in [-0.2, 0) is 0 Å². The number of nitrogens with zero attached hydrogens (tertiary/aromatic N) is 2. The molecule has 5 rings (SSSR count). The SMILES string of the molecule is COc1ccccc1N1CCN(c2ccc(NC(=O)c3cccc(Br)c3)cc2C(=O)NC2CCCCC2)CC1. The standard InChI is InChI=1S/C31H35BrN4O3/c1-39-29-13-6-5-12-28(29)36-18-16-35(17-19-36)27-15-14-25(34-30(37)22-8-7-9-23(32)20-22)21-26(27)31(38)33-24-10-3-2-4-11-24/h5-9,12-15,20-21,24H,2-4,10-11,16-19H2,1H3,(H,33,38)(H,34,37). The molecule has 2 fully saturated rings. The number of anilines is 3. The van der Waals surface area contributed by atoms with E-state index in [9.17, 15) is 9.59 Å². The number of methoxy groups -OCH3 is 1. The van der Waals surface area contributed by atoms with Crippen molar-refractivity contribution < 1.29 is 14.3 Å². The molecule has 1 aliphatic carbocycles. The molecule has 2 aliphatic rings. The van der Waals surface area contributed by atoms with Crippen LogP contribution in [0.5, 0.6) is 5.75 Å². The largest absolute Gasteiger partial charge is 0.495 e. The molecule has 0 atom stereocenters. The summed E-state index contributed by atoms with van der Waals surface area (Å²) < 4.78 is 6.41. The normalized spacial score (nSPS) is 16.1. The van der Waals surface area contributed by atoms with Crippen molar-refractivity contribution in [3.05, 3.63) is 82.3 Å². The van der Waals surface area contributed by atoms with E-state index >= 15 is 0 Å². The zero-order valence-electron chi connectivity index (χ0n) is 22.3. The van der Waals surface area contributed by atoms with Crippen LogP contribution < -0.4 is 25.2 Å². The van der Waals surface area contributed by atoms with Crippen LogP contribution in [0.1, 0.15) is 52.8 Å². The van der Waals surface area contributed by atoms with Crippen LogP contribution in [0.4, 0.5) is 17.1 Å². The molecule has 0 spiro atoms. The number of carbonyl (C=O) groups is 2. The maximum atomic E-state index is 13.6. The quantitative estimate of drug-likeness (QED) is 0.348. The molecule has 1 saturated carbocycles. The number of para-hydroxylation sites is 2. The average Bonchev–Trinajstić information content (AvgIpc) is 2.97. The second-order valence-corrected chi connectivity index (χ2v) is 11.1. The minimum absolute atomic E-state index is 0.0809. The molecule has 7 nitrogen and oxygen atoms in total. The van der Waals surface area contributed by atoms with E-state index in [2.05, 4.69) is 42.4 Å². The Hall–Kier alpha value is -3.52. The first-order valence-corrected chi connectivity index (χ1v) is 14.5. The molecular weight excluding hydrogens is 556 g/mol. The lowest BCUT2D eigenvalue weighted by atomic mass is 9.95. The first kappa shape index (κ1) is 27.1. The lowest BCUT2D eigenvalue weighted by molar-refractivity contribution is 0.0927. The Morgan fingerprint density at radius 1 is 0.821 bits per heavy atom. The van der Waals surface area contributed by atoms with E-state index in [0.717, 1.165) is 73.5 Å². The number of rotatable bonds is 7. The van der Waals surface area contributed by atoms with Gasteiger partial charge in [-0.1, -0.05) is 53.4 Å². The number of carbonyl (C=O) groups excluding carboxylic acids is 2. The molecule has 2 N–H and O–H groups in total. The van der Waals surface area contributed by atoms with Gasteiger partial charge in [-0.15, -0.1) is 0 Å². The first-order chi connectivity index (χ1) is 19.0. The van der Waals surface area contributed by atoms with Crippen molar-refractivity contribution in [1.82, 2.24) is 5.32 Å². The van der Waals surface area contributed by atoms with Gasteiger partial charge in [0, 0.05) is 53.6 Å². The van der Waals surface area contributed by atoms with Crippen LogP contribution in [0.15, 0.2) is 71.2 Å². The van der Waals surface area contributed by atoms with Gasteiger partial charge < -0.3 is 25.2 Å². The molecule has 1 heterocycles. The highest BCUT2D eigenvalue weighted by atomic mass is 79.9. The molecule has 1 saturated heterocycles. The van der Waals surface area contributed by atoms with E-state index < -0.39 is 0 Å². The molecule has 3 aromatic carbocycles. The van der Waals surface area contributed by atoms with Crippen molar-refractivity contribution in [2.75, 3.05) is 48.4 Å². The molecular formula is C31H35BrN4O3. The van der Waals surface area contributed by atoms with Gasteiger partial charge >= 0.3 is 0 Å². The number of amides is 2. The fourth-order valence-corrected chi connectivity index (χ4v) is 5.89. The van der Waals surface area contributed by atoms with Crippen molar-refractivity contribution >= 4 is 44.8 Å². The molecule has 3 aromatic rings. The molecule has 0 bridgehead atoms. The van der Waals surface area contributed by atoms with Crippen LogP contribution in [0.3, 0.4) is 0 Å². The number of ether oxygens (including phenoxy) is 1. The lowest BCUT2D eigenvalue weighted by Gasteiger charge is -2.38. The maximum Gasteiger partial charge on any atom is 0.255 e. The third kappa shape index (κ3) is 6.56. The zero-order valence-corrected chi connectivity index (χ0v) is 23.9. The Labute approximate surface area is 238 Å². The topological polar surface area (TPSA) is 73.9 Å². The second kappa shape index (κ2) is 12.6. The molecule has 0 aromatic heterocycles. The predicted molar refractivity (Wildman–Crippen MR) is 160 cm³/mol. The van der Waals surface area contributed by atoms with Gasteiger partial charge in [0.05, 0.1) is 18.4 Å². The predicted octanol–water partition coefficient (Wildman–Crippen LogP) is 6.10. The van der Waals surface area contributed by atoms with Crippen LogP contribution in [-0.4, -0.2) is 51.1 Å². The van der Waals surface area contributed by atoms with Crippen molar-refractivity contribution in [3.8, 4) is 5.75 Å². The molecule has 0 radical (unpaired) electrons. The highest BCUT2D eigenvalue weighted by Crippen LogP contribution is 2.31. The van der Waals surface area contributed by atoms with Gasteiger partial charge in [-0.05, 0) is 61.4 Å². The van der Waals surface area contributed by atoms with Crippen molar-refractivity contribution in [3.63, 3.8) is 0 Å². The highest BCUT2D eigenvalue weighted by Gasteiger charge is 2.25. The van der Waals surface area contributed by atoms with Gasteiger partial charge in [0.2, 0.25) is 0 Å². The third-order valence-corrected chi connectivity index (χ3v) is 8.07. The maximum absolute atomic E-state index is 13.6. The number of piperazine rings is 1. The van der Waals surface area contributed by atoms with E-state index in [1.807, 2.05) is 48.5 Å². The molecule has 1 aliphatic heterocycles. The summed E-state index contributed by atoms with van der Waals surface area (Å²) in [5, 5.41) is 6.25. The third-order valence-electron chi connectivity index (χ3n) is 7.57. The minimum Gasteiger partial charge on any atom is -0.495 e. The molecule has 8 heteroatoms. The molecule has 0 unspecified atom stereocenters. The molecule has 39 heavy (non-hydrogen) atoms. The Morgan fingerprint density at radius 3 is 2.26 bits per heavy atom. The number of halogens is 1. The van der Waals surface area contributed by atoms with E-state index in [-0.39, 0.29) is 17.9 Å². The van der Waals surface area contributed by atoms with Gasteiger partial charge in [-0.25, -0.2) is 0 Å². The van der Waals surface area contributed by atoms with Gasteiger partial charge in [0.15, 0.2) is 0 Å². The summed E-state index contributed by atoms with van der Waals surface area (Å²) in [6, 6.07) is 21.2. The summed E-state index contributed by atoms with van der Waals surface area (Å²) in [7, 11) is 1.70. The zero-order chi connectivity index (χ0) is 27.2. The van der Waals surface area contributed by atoms with Crippen molar-refractivity contribution in [2.24, 2.45) is 0 Å². The Morgan fingerprint density at radius 2 is 1.54 bits per heavy atom. The van der Waals surface area contributed by atoms with E-state index in [0.29, 0.717) is 16.8 Å². The van der Waals surface area contributed by atoms with Crippen molar-refractivity contribution in [2.45, 2.75) is 38.1 Å². The van der Waals surface area contributed by atoms with Crippen LogP contribution in [0, 0.1) is 0 Å². The van der Waals surface area contributed by atoms with Gasteiger partial charge in [0.1, 0.15) is 5.75 Å². The second-order valence-electron chi connectivity index (χ2n) is 10.2. The number of hydrogen-bond donors (Lipinski definition) is 2. The average molecular weight is 592 g/mol. The van der Waals surface area contributed by atoms with Crippen LogP contribution in [0.25, 0.3) is 0 Å². The molecule has 204 valence electrons. The van der Waals surface area contributed by atoms with Crippen LogP contribution >= 0.6 is 15.9 Å². The highest BCUT2D eigenvalue weighted by molar-refractivity contribution is 9.10. The summed E-state index contributed by atoms with van der Waals surface area (Å²) >= 11 is 3.43. The lowest BCUT2D eigenvalue weighted by Crippen LogP contribution is -2.47. The molecule has 2 amide bonds. The summed E-state index contributed by atoms with van der Waals surface area (Å²) in [4.78, 5) is 31.1. The minimum atomic E-state index is -0.215. The van der Waals surface area contributed by atoms with Crippen molar-refractivity contribution in [1.29, 1.82) is 0 Å². The summed E-state index contributed by atoms with van der Waals surface area (Å²) in [5.74, 6) is 0.569. The number of hydrogen-bond acceptors (Lipinski definition) is 5. The van der Waals surface area contributed by atoms with Crippen LogP contribution in [0.2, 0.25) is 0 Å². The first-order valence-electron chi connectivity index (χ1n) is 13.7. The fraction of sp³-hybridized carbons (Fsp3) is 0.355. The Kier molecular flexibility index (Phi) is 8.71. The van der Waals surface area contributed by atoms with E-state index in [1.54, 1.807) is 19.2 Å². The summed E-state index contributed by atoms with van der Waals surface area (Å²) in [5.41, 5.74) is 3.72. The smallest absolute Gasteiger partial charge is 0.255 e. The van der Waals surface area contributed by atoms with Gasteiger partial charge in [-0.2, -0.15) is 0 Å². The number of benzene rings is 3. The van der Waals surface area contributed by atoms with Gasteiger partial charge in [-0.3, -0.25) is 9.59 Å². The summed E-state index contributed by atoms with van der Waals surface area (Å²) in [6.45, 7) is 3.16. The number of nitrogens with one attached hydrogen (secondary N) is 2. The van der Waals surface area contributed by atoms with E-state index in [4.69, 9.17) is 4.74 Å².